The lowest BCUT2D eigenvalue weighted by molar-refractivity contribution is -0.274. The summed E-state index contributed by atoms with van der Waals surface area (Å²) in [5.41, 5.74) is -6.60. The highest BCUT2D eigenvalue weighted by Gasteiger charge is 2.64. The molecule has 0 aliphatic carbocycles. The van der Waals surface area contributed by atoms with E-state index in [-0.39, 0.29) is 10.5 Å². The first-order chi connectivity index (χ1) is 12.9. The van der Waals surface area contributed by atoms with Crippen LogP contribution in [-0.4, -0.2) is 21.0 Å². The number of allylic oxidation sites excluding steroid dienone is 1. The third-order valence-electron chi connectivity index (χ3n) is 3.72. The average molecular weight is 424 g/mol. The summed E-state index contributed by atoms with van der Waals surface area (Å²) in [6.45, 7) is 1.45. The van der Waals surface area contributed by atoms with Gasteiger partial charge in [0.15, 0.2) is 0 Å². The number of hydrogen-bond acceptors (Lipinski definition) is 3. The maximum atomic E-state index is 14.3. The first-order valence-electron chi connectivity index (χ1n) is 7.74. The Balaban J connectivity index is 2.55. The largest absolute Gasteiger partial charge is 0.432 e. The molecule has 2 aromatic rings. The summed E-state index contributed by atoms with van der Waals surface area (Å²) in [4.78, 5) is -0.229. The molecular weight excluding hydrogens is 410 g/mol. The minimum atomic E-state index is -5.88. The summed E-state index contributed by atoms with van der Waals surface area (Å²) in [5.74, 6) is -0.440. The molecule has 0 bridgehead atoms. The van der Waals surface area contributed by atoms with Crippen LogP contribution in [0.25, 0.3) is 6.08 Å². The minimum Gasteiger partial charge on any atom is -0.378 e. The molecule has 0 aromatic heterocycles. The summed E-state index contributed by atoms with van der Waals surface area (Å²) >= 11 is 0. The van der Waals surface area contributed by atoms with Crippen LogP contribution in [0.5, 0.6) is 5.75 Å². The monoisotopic (exact) mass is 424 g/mol. The van der Waals surface area contributed by atoms with Crippen molar-refractivity contribution >= 4 is 16.2 Å². The fraction of sp³-hybridized carbons (Fsp3) is 0.222. The van der Waals surface area contributed by atoms with E-state index in [1.807, 2.05) is 0 Å². The molecule has 0 aliphatic heterocycles. The van der Waals surface area contributed by atoms with Crippen molar-refractivity contribution in [2.24, 2.45) is 0 Å². The molecule has 0 fully saturated rings. The summed E-state index contributed by atoms with van der Waals surface area (Å²) < 4.78 is 108. The summed E-state index contributed by atoms with van der Waals surface area (Å²) in [6.07, 6.45) is -7.85. The van der Waals surface area contributed by atoms with Gasteiger partial charge in [0.05, 0.1) is 0 Å². The van der Waals surface area contributed by atoms with Crippen LogP contribution >= 0.6 is 0 Å². The quantitative estimate of drug-likeness (QED) is 0.456. The standard InChI is InChI=1S/C18H14F6O3S/c1-2-6-12-11-13(17(21,16(19)20)18(22,23)24)9-10-15(12)27-28(25,26)14-7-4-3-5-8-14/h2-11,16H,1H3. The SMILES string of the molecule is CC=Cc1cc(C(F)(C(F)F)C(F)(F)F)ccc1OS(=O)(=O)c1ccccc1. The molecule has 0 spiro atoms. The Kier molecular flexibility index (Phi) is 6.12. The predicted molar refractivity (Wildman–Crippen MR) is 90.3 cm³/mol. The van der Waals surface area contributed by atoms with Gasteiger partial charge in [-0.1, -0.05) is 36.4 Å². The van der Waals surface area contributed by atoms with Crippen molar-refractivity contribution in [2.75, 3.05) is 0 Å². The zero-order valence-corrected chi connectivity index (χ0v) is 15.1. The number of alkyl halides is 6. The van der Waals surface area contributed by atoms with Gasteiger partial charge in [0, 0.05) is 11.1 Å². The Bertz CT molecular complexity index is 955. The number of rotatable bonds is 6. The Morgan fingerprint density at radius 3 is 2.11 bits per heavy atom. The summed E-state index contributed by atoms with van der Waals surface area (Å²) in [7, 11) is -4.35. The van der Waals surface area contributed by atoms with Crippen LogP contribution in [0, 0.1) is 0 Å². The molecule has 1 unspecified atom stereocenters. The highest BCUT2D eigenvalue weighted by molar-refractivity contribution is 7.87. The lowest BCUT2D eigenvalue weighted by atomic mass is 9.93. The maximum absolute atomic E-state index is 14.3. The Hall–Kier alpha value is -2.49. The van der Waals surface area contributed by atoms with Crippen molar-refractivity contribution in [2.45, 2.75) is 30.1 Å². The van der Waals surface area contributed by atoms with Crippen molar-refractivity contribution in [1.82, 2.24) is 0 Å². The molecule has 0 heterocycles. The van der Waals surface area contributed by atoms with E-state index >= 15 is 0 Å². The van der Waals surface area contributed by atoms with Crippen LogP contribution in [0.4, 0.5) is 26.3 Å². The first kappa shape index (κ1) is 21.8. The van der Waals surface area contributed by atoms with E-state index in [1.54, 1.807) is 6.07 Å². The highest BCUT2D eigenvalue weighted by atomic mass is 32.2. The smallest absolute Gasteiger partial charge is 0.378 e. The van der Waals surface area contributed by atoms with Gasteiger partial charge in [0.2, 0.25) is 0 Å². The van der Waals surface area contributed by atoms with Crippen LogP contribution in [0.3, 0.4) is 0 Å². The lowest BCUT2D eigenvalue weighted by Gasteiger charge is -2.28. The summed E-state index contributed by atoms with van der Waals surface area (Å²) in [5, 5.41) is 0. The maximum Gasteiger partial charge on any atom is 0.432 e. The molecular formula is C18H14F6O3S. The van der Waals surface area contributed by atoms with Crippen LogP contribution in [-0.2, 0) is 15.8 Å². The van der Waals surface area contributed by atoms with Crippen LogP contribution in [0.15, 0.2) is 59.5 Å². The Labute approximate surface area is 157 Å². The fourth-order valence-corrected chi connectivity index (χ4v) is 3.30. The van der Waals surface area contributed by atoms with Crippen LogP contribution < -0.4 is 4.18 Å². The molecule has 28 heavy (non-hydrogen) atoms. The van der Waals surface area contributed by atoms with E-state index in [9.17, 15) is 34.8 Å². The molecule has 3 nitrogen and oxygen atoms in total. The molecule has 0 radical (unpaired) electrons. The van der Waals surface area contributed by atoms with Crippen molar-refractivity contribution < 1.29 is 38.9 Å². The predicted octanol–water partition coefficient (Wildman–Crippen LogP) is 5.48. The van der Waals surface area contributed by atoms with E-state index < -0.39 is 39.7 Å². The molecule has 1 atom stereocenters. The molecule has 0 amide bonds. The zero-order valence-electron chi connectivity index (χ0n) is 14.3. The third kappa shape index (κ3) is 4.16. The number of benzene rings is 2. The summed E-state index contributed by atoms with van der Waals surface area (Å²) in [6, 6.07) is 8.47. The van der Waals surface area contributed by atoms with Gasteiger partial charge in [-0.25, -0.2) is 13.2 Å². The van der Waals surface area contributed by atoms with E-state index in [0.717, 1.165) is 6.08 Å². The van der Waals surface area contributed by atoms with Gasteiger partial charge in [0.1, 0.15) is 10.6 Å². The van der Waals surface area contributed by atoms with Crippen molar-refractivity contribution in [3.05, 3.63) is 65.7 Å². The van der Waals surface area contributed by atoms with Gasteiger partial charge in [0.25, 0.3) is 12.1 Å². The molecule has 10 heteroatoms. The highest BCUT2D eigenvalue weighted by Crippen LogP contribution is 2.47. The van der Waals surface area contributed by atoms with E-state index in [2.05, 4.69) is 0 Å². The fourth-order valence-electron chi connectivity index (χ4n) is 2.33. The topological polar surface area (TPSA) is 43.4 Å². The minimum absolute atomic E-state index is 0.229. The average Bonchev–Trinajstić information content (AvgIpc) is 2.62. The normalized spacial score (nSPS) is 15.0. The molecule has 0 saturated carbocycles. The van der Waals surface area contributed by atoms with Gasteiger partial charge in [-0.3, -0.25) is 0 Å². The van der Waals surface area contributed by atoms with E-state index in [1.165, 1.54) is 37.3 Å². The molecule has 2 aromatic carbocycles. The lowest BCUT2D eigenvalue weighted by Crippen LogP contribution is -2.44. The third-order valence-corrected chi connectivity index (χ3v) is 4.97. The van der Waals surface area contributed by atoms with Gasteiger partial charge in [-0.2, -0.15) is 21.6 Å². The second-order valence-electron chi connectivity index (χ2n) is 5.61. The second kappa shape index (κ2) is 7.86. The van der Waals surface area contributed by atoms with Gasteiger partial charge in [-0.05, 0) is 31.2 Å². The Morgan fingerprint density at radius 2 is 1.61 bits per heavy atom. The molecule has 2 rings (SSSR count). The number of halogens is 6. The van der Waals surface area contributed by atoms with Crippen molar-refractivity contribution in [3.63, 3.8) is 0 Å². The molecule has 0 saturated heterocycles. The van der Waals surface area contributed by atoms with Gasteiger partial charge >= 0.3 is 16.3 Å². The van der Waals surface area contributed by atoms with Crippen LogP contribution in [0.2, 0.25) is 0 Å². The Morgan fingerprint density at radius 1 is 1.00 bits per heavy atom. The van der Waals surface area contributed by atoms with E-state index in [4.69, 9.17) is 4.18 Å². The van der Waals surface area contributed by atoms with Crippen molar-refractivity contribution in [3.8, 4) is 5.75 Å². The van der Waals surface area contributed by atoms with Crippen LogP contribution in [0.1, 0.15) is 18.1 Å². The van der Waals surface area contributed by atoms with Gasteiger partial charge < -0.3 is 4.18 Å². The second-order valence-corrected chi connectivity index (χ2v) is 7.16. The molecule has 0 N–H and O–H groups in total. The zero-order chi connectivity index (χ0) is 21.2. The van der Waals surface area contributed by atoms with E-state index in [0.29, 0.717) is 18.2 Å². The van der Waals surface area contributed by atoms with Gasteiger partial charge in [-0.15, -0.1) is 0 Å². The molecule has 0 aliphatic rings. The number of hydrogen-bond donors (Lipinski definition) is 0. The first-order valence-corrected chi connectivity index (χ1v) is 9.15. The van der Waals surface area contributed by atoms with Crippen molar-refractivity contribution in [1.29, 1.82) is 0 Å². The molecule has 152 valence electrons.